The summed E-state index contributed by atoms with van der Waals surface area (Å²) in [5.41, 5.74) is 0.812. The zero-order valence-electron chi connectivity index (χ0n) is 12.4. The molecule has 3 aromatic rings. The summed E-state index contributed by atoms with van der Waals surface area (Å²) >= 11 is 1.22. The van der Waals surface area contributed by atoms with E-state index in [2.05, 4.69) is 5.32 Å². The number of hydrogen-bond donors (Lipinski definition) is 1. The summed E-state index contributed by atoms with van der Waals surface area (Å²) in [6.45, 7) is 0. The van der Waals surface area contributed by atoms with E-state index < -0.39 is 0 Å². The predicted molar refractivity (Wildman–Crippen MR) is 90.2 cm³/mol. The maximum Gasteiger partial charge on any atom is 0.291 e. The van der Waals surface area contributed by atoms with Gasteiger partial charge in [-0.15, -0.1) is 11.3 Å². The Bertz CT molecular complexity index is 810. The highest BCUT2D eigenvalue weighted by Gasteiger charge is 2.17. The van der Waals surface area contributed by atoms with Crippen molar-refractivity contribution in [2.45, 2.75) is 0 Å². The smallest absolute Gasteiger partial charge is 0.291 e. The third-order valence-corrected chi connectivity index (χ3v) is 4.24. The van der Waals surface area contributed by atoms with Gasteiger partial charge in [0, 0.05) is 12.7 Å². The maximum absolute atomic E-state index is 12.5. The molecule has 0 saturated carbocycles. The normalized spacial score (nSPS) is 10.3. The summed E-state index contributed by atoms with van der Waals surface area (Å²) in [5.74, 6) is -0.236. The number of nitrogens with zero attached hydrogens (tertiary/aromatic N) is 1. The molecule has 1 aromatic carbocycles. The molecule has 6 heteroatoms. The van der Waals surface area contributed by atoms with Gasteiger partial charge in [0.15, 0.2) is 5.76 Å². The number of furan rings is 1. The fraction of sp³-hybridized carbons (Fsp3) is 0.0588. The molecule has 0 radical (unpaired) electrons. The van der Waals surface area contributed by atoms with Crippen LogP contribution >= 0.6 is 11.3 Å². The van der Waals surface area contributed by atoms with E-state index in [1.807, 2.05) is 30.3 Å². The maximum atomic E-state index is 12.5. The highest BCUT2D eigenvalue weighted by Crippen LogP contribution is 2.25. The minimum Gasteiger partial charge on any atom is -0.459 e. The highest BCUT2D eigenvalue weighted by molar-refractivity contribution is 7.18. The quantitative estimate of drug-likeness (QED) is 0.791. The van der Waals surface area contributed by atoms with Gasteiger partial charge < -0.3 is 14.6 Å². The summed E-state index contributed by atoms with van der Waals surface area (Å²) in [4.78, 5) is 26.5. The summed E-state index contributed by atoms with van der Waals surface area (Å²) in [7, 11) is 1.72. The van der Waals surface area contributed by atoms with E-state index >= 15 is 0 Å². The standard InChI is InChI=1S/C17H14N2O3S/c1-19(12-6-3-2-4-7-12)17(21)14-9-10-15(23-14)18-16(20)13-8-5-11-22-13/h2-11H,1H3,(H,18,20). The number of amides is 2. The van der Waals surface area contributed by atoms with Gasteiger partial charge in [-0.25, -0.2) is 0 Å². The first-order valence-electron chi connectivity index (χ1n) is 6.93. The van der Waals surface area contributed by atoms with E-state index in [0.29, 0.717) is 9.88 Å². The van der Waals surface area contributed by atoms with E-state index in [9.17, 15) is 9.59 Å². The summed E-state index contributed by atoms with van der Waals surface area (Å²) < 4.78 is 5.04. The van der Waals surface area contributed by atoms with E-state index in [0.717, 1.165) is 5.69 Å². The molecule has 0 aliphatic heterocycles. The third-order valence-electron chi connectivity index (χ3n) is 3.25. The molecule has 5 nitrogen and oxygen atoms in total. The molecule has 1 N–H and O–H groups in total. The summed E-state index contributed by atoms with van der Waals surface area (Å²) in [6, 6.07) is 16.0. The van der Waals surface area contributed by atoms with Crippen LogP contribution in [-0.4, -0.2) is 18.9 Å². The zero-order chi connectivity index (χ0) is 16.2. The van der Waals surface area contributed by atoms with Crippen LogP contribution in [0.15, 0.2) is 65.3 Å². The fourth-order valence-electron chi connectivity index (χ4n) is 2.04. The first kappa shape index (κ1) is 15.1. The van der Waals surface area contributed by atoms with E-state index in [4.69, 9.17) is 4.42 Å². The molecular weight excluding hydrogens is 312 g/mol. The molecule has 0 spiro atoms. The van der Waals surface area contributed by atoms with E-state index in [-0.39, 0.29) is 17.6 Å². The van der Waals surface area contributed by atoms with E-state index in [1.54, 1.807) is 36.2 Å². The molecule has 0 fully saturated rings. The molecular formula is C17H14N2O3S. The number of carbonyl (C=O) groups is 2. The van der Waals surface area contributed by atoms with Crippen LogP contribution in [0.1, 0.15) is 20.2 Å². The molecule has 0 bridgehead atoms. The Morgan fingerprint density at radius 3 is 2.52 bits per heavy atom. The van der Waals surface area contributed by atoms with Crippen LogP contribution in [0.4, 0.5) is 10.7 Å². The van der Waals surface area contributed by atoms with Crippen molar-refractivity contribution in [2.24, 2.45) is 0 Å². The van der Waals surface area contributed by atoms with Gasteiger partial charge in [0.25, 0.3) is 11.8 Å². The lowest BCUT2D eigenvalue weighted by Gasteiger charge is -2.15. The van der Waals surface area contributed by atoms with Crippen LogP contribution in [0.5, 0.6) is 0 Å². The number of carbonyl (C=O) groups excluding carboxylic acids is 2. The monoisotopic (exact) mass is 326 g/mol. The number of benzene rings is 1. The average Bonchev–Trinajstić information content (AvgIpc) is 3.26. The lowest BCUT2D eigenvalue weighted by Crippen LogP contribution is -2.25. The molecule has 0 aliphatic carbocycles. The second kappa shape index (κ2) is 6.50. The number of para-hydroxylation sites is 1. The lowest BCUT2D eigenvalue weighted by atomic mass is 10.3. The second-order valence-electron chi connectivity index (χ2n) is 4.80. The van der Waals surface area contributed by atoms with Gasteiger partial charge in [-0.1, -0.05) is 18.2 Å². The van der Waals surface area contributed by atoms with Gasteiger partial charge in [-0.05, 0) is 36.4 Å². The number of rotatable bonds is 4. The molecule has 2 aromatic heterocycles. The average molecular weight is 326 g/mol. The van der Waals surface area contributed by atoms with Crippen molar-refractivity contribution in [3.8, 4) is 0 Å². The molecule has 2 heterocycles. The molecule has 3 rings (SSSR count). The first-order chi connectivity index (χ1) is 11.1. The van der Waals surface area contributed by atoms with Crippen LogP contribution in [-0.2, 0) is 0 Å². The molecule has 0 atom stereocenters. The fourth-order valence-corrected chi connectivity index (χ4v) is 2.91. The van der Waals surface area contributed by atoms with Crippen LogP contribution in [0.25, 0.3) is 0 Å². The van der Waals surface area contributed by atoms with Crippen molar-refractivity contribution in [2.75, 3.05) is 17.3 Å². The Morgan fingerprint density at radius 1 is 1.04 bits per heavy atom. The SMILES string of the molecule is CN(C(=O)c1ccc(NC(=O)c2ccco2)s1)c1ccccc1. The molecule has 116 valence electrons. The van der Waals surface area contributed by atoms with Crippen LogP contribution in [0.2, 0.25) is 0 Å². The summed E-state index contributed by atoms with van der Waals surface area (Å²) in [6.07, 6.45) is 1.44. The van der Waals surface area contributed by atoms with Crippen molar-refractivity contribution in [1.29, 1.82) is 0 Å². The topological polar surface area (TPSA) is 62.6 Å². The molecule has 0 unspecified atom stereocenters. The number of thiophene rings is 1. The van der Waals surface area contributed by atoms with E-state index in [1.165, 1.54) is 17.6 Å². The van der Waals surface area contributed by atoms with Crippen molar-refractivity contribution in [3.63, 3.8) is 0 Å². The third kappa shape index (κ3) is 3.32. The predicted octanol–water partition coefficient (Wildman–Crippen LogP) is 3.87. The lowest BCUT2D eigenvalue weighted by molar-refractivity contribution is 0.0989. The summed E-state index contributed by atoms with van der Waals surface area (Å²) in [5, 5.41) is 3.31. The Kier molecular flexibility index (Phi) is 4.25. The minimum absolute atomic E-state index is 0.125. The van der Waals surface area contributed by atoms with Crippen LogP contribution in [0, 0.1) is 0 Å². The zero-order valence-corrected chi connectivity index (χ0v) is 13.2. The van der Waals surface area contributed by atoms with Crippen LogP contribution in [0.3, 0.4) is 0 Å². The van der Waals surface area contributed by atoms with Gasteiger partial charge in [0.2, 0.25) is 0 Å². The van der Waals surface area contributed by atoms with Crippen molar-refractivity contribution < 1.29 is 14.0 Å². The highest BCUT2D eigenvalue weighted by atomic mass is 32.1. The Hall–Kier alpha value is -2.86. The molecule has 2 amide bonds. The Morgan fingerprint density at radius 2 is 1.83 bits per heavy atom. The largest absolute Gasteiger partial charge is 0.459 e. The van der Waals surface area contributed by atoms with Gasteiger partial charge >= 0.3 is 0 Å². The van der Waals surface area contributed by atoms with Gasteiger partial charge in [0.1, 0.15) is 0 Å². The molecule has 0 aliphatic rings. The number of anilines is 2. The Balaban J connectivity index is 1.71. The number of hydrogen-bond acceptors (Lipinski definition) is 4. The van der Waals surface area contributed by atoms with Gasteiger partial charge in [0.05, 0.1) is 16.1 Å². The first-order valence-corrected chi connectivity index (χ1v) is 7.74. The minimum atomic E-state index is -0.340. The number of nitrogens with one attached hydrogen (secondary N) is 1. The second-order valence-corrected chi connectivity index (χ2v) is 5.88. The van der Waals surface area contributed by atoms with Gasteiger partial charge in [-0.3, -0.25) is 9.59 Å². The molecule has 0 saturated heterocycles. The van der Waals surface area contributed by atoms with Crippen molar-refractivity contribution in [1.82, 2.24) is 0 Å². The molecule has 23 heavy (non-hydrogen) atoms. The van der Waals surface area contributed by atoms with Crippen molar-refractivity contribution in [3.05, 3.63) is 71.5 Å². The Labute approximate surface area is 137 Å². The van der Waals surface area contributed by atoms with Crippen LogP contribution < -0.4 is 10.2 Å². The van der Waals surface area contributed by atoms with Gasteiger partial charge in [-0.2, -0.15) is 0 Å². The van der Waals surface area contributed by atoms with Crippen molar-refractivity contribution >= 4 is 33.8 Å².